The quantitative estimate of drug-likeness (QED) is 0.358. The molecule has 0 atom stereocenters. The van der Waals surface area contributed by atoms with E-state index in [9.17, 15) is 9.59 Å². The Balaban J connectivity index is 1.78. The van der Waals surface area contributed by atoms with Crippen molar-refractivity contribution in [1.29, 1.82) is 0 Å². The van der Waals surface area contributed by atoms with Gasteiger partial charge >= 0.3 is 0 Å². The van der Waals surface area contributed by atoms with E-state index in [0.717, 1.165) is 22.2 Å². The Labute approximate surface area is 177 Å². The SMILES string of the molecule is Cc1cc(Nc2nc(NCC(N)=O)nnc2C(N)=O)c2ccn(-c3ccccc3)c2c1. The fraction of sp³-hybridized carbons (Fsp3) is 0.0952. The fourth-order valence-corrected chi connectivity index (χ4v) is 3.25. The number of nitrogens with two attached hydrogens (primary N) is 2. The zero-order valence-electron chi connectivity index (χ0n) is 16.7. The van der Waals surface area contributed by atoms with E-state index >= 15 is 0 Å². The van der Waals surface area contributed by atoms with Crippen LogP contribution in [0.1, 0.15) is 16.1 Å². The normalized spacial score (nSPS) is 10.7. The summed E-state index contributed by atoms with van der Waals surface area (Å²) in [5.41, 5.74) is 14.2. The smallest absolute Gasteiger partial charge is 0.273 e. The number of aromatic nitrogens is 4. The molecule has 156 valence electrons. The largest absolute Gasteiger partial charge is 0.368 e. The highest BCUT2D eigenvalue weighted by molar-refractivity contribution is 5.99. The number of rotatable bonds is 7. The van der Waals surface area contributed by atoms with Crippen LogP contribution in [0, 0.1) is 6.92 Å². The van der Waals surface area contributed by atoms with Crippen molar-refractivity contribution < 1.29 is 9.59 Å². The van der Waals surface area contributed by atoms with Gasteiger partial charge < -0.3 is 26.7 Å². The van der Waals surface area contributed by atoms with Gasteiger partial charge in [0.25, 0.3) is 5.91 Å². The van der Waals surface area contributed by atoms with Crippen LogP contribution in [-0.2, 0) is 4.79 Å². The van der Waals surface area contributed by atoms with E-state index in [2.05, 4.69) is 36.4 Å². The standard InChI is InChI=1S/C21H20N8O2/c1-12-9-15(14-7-8-29(16(14)10-12)13-5-3-2-4-6-13)25-20-18(19(23)31)27-28-21(26-20)24-11-17(22)30/h2-10H,11H2,1H3,(H2,22,30)(H2,23,31)(H2,24,25,26,28). The number of carbonyl (C=O) groups is 2. The molecule has 0 aliphatic rings. The summed E-state index contributed by atoms with van der Waals surface area (Å²) in [6.45, 7) is 1.80. The van der Waals surface area contributed by atoms with Gasteiger partial charge in [-0.3, -0.25) is 9.59 Å². The molecule has 0 unspecified atom stereocenters. The molecule has 4 aromatic rings. The highest BCUT2D eigenvalue weighted by Gasteiger charge is 2.17. The summed E-state index contributed by atoms with van der Waals surface area (Å²) in [6, 6.07) is 15.9. The number of carbonyl (C=O) groups excluding carboxylic acids is 2. The molecule has 2 aromatic carbocycles. The molecule has 0 radical (unpaired) electrons. The van der Waals surface area contributed by atoms with Crippen LogP contribution in [0.15, 0.2) is 54.7 Å². The number of anilines is 3. The Kier molecular flexibility index (Phi) is 5.19. The molecule has 0 fully saturated rings. The van der Waals surface area contributed by atoms with Crippen molar-refractivity contribution in [3.8, 4) is 5.69 Å². The highest BCUT2D eigenvalue weighted by Crippen LogP contribution is 2.31. The first-order valence-corrected chi connectivity index (χ1v) is 9.43. The van der Waals surface area contributed by atoms with Gasteiger partial charge in [-0.05, 0) is 42.8 Å². The second-order valence-electron chi connectivity index (χ2n) is 6.91. The highest BCUT2D eigenvalue weighted by atomic mass is 16.1. The molecule has 6 N–H and O–H groups in total. The number of hydrogen-bond donors (Lipinski definition) is 4. The maximum absolute atomic E-state index is 11.9. The van der Waals surface area contributed by atoms with E-state index in [1.54, 1.807) is 0 Å². The summed E-state index contributed by atoms with van der Waals surface area (Å²) in [5.74, 6) is -1.21. The van der Waals surface area contributed by atoms with Crippen molar-refractivity contribution in [1.82, 2.24) is 19.7 Å². The molecular formula is C21H20N8O2. The number of para-hydroxylation sites is 1. The van der Waals surface area contributed by atoms with E-state index < -0.39 is 11.8 Å². The second-order valence-corrected chi connectivity index (χ2v) is 6.91. The average Bonchev–Trinajstić information content (AvgIpc) is 3.16. The Bertz CT molecular complexity index is 1280. The van der Waals surface area contributed by atoms with Crippen LogP contribution in [-0.4, -0.2) is 38.1 Å². The monoisotopic (exact) mass is 416 g/mol. The topological polar surface area (TPSA) is 154 Å². The number of benzene rings is 2. The van der Waals surface area contributed by atoms with Gasteiger partial charge in [0.05, 0.1) is 12.1 Å². The van der Waals surface area contributed by atoms with Gasteiger partial charge in [0.2, 0.25) is 11.9 Å². The molecule has 10 nitrogen and oxygen atoms in total. The Morgan fingerprint density at radius 1 is 1.06 bits per heavy atom. The van der Waals surface area contributed by atoms with Crippen molar-refractivity contribution in [2.45, 2.75) is 6.92 Å². The Hall–Kier alpha value is -4.47. The molecule has 4 rings (SSSR count). The minimum atomic E-state index is -0.783. The van der Waals surface area contributed by atoms with E-state index in [1.165, 1.54) is 0 Å². The summed E-state index contributed by atoms with van der Waals surface area (Å²) in [7, 11) is 0. The number of aryl methyl sites for hydroxylation is 1. The lowest BCUT2D eigenvalue weighted by atomic mass is 10.1. The van der Waals surface area contributed by atoms with E-state index in [1.807, 2.05) is 55.6 Å². The van der Waals surface area contributed by atoms with Crippen molar-refractivity contribution in [2.75, 3.05) is 17.2 Å². The third-order valence-electron chi connectivity index (χ3n) is 4.58. The van der Waals surface area contributed by atoms with E-state index in [4.69, 9.17) is 11.5 Å². The fourth-order valence-electron chi connectivity index (χ4n) is 3.25. The lowest BCUT2D eigenvalue weighted by Gasteiger charge is -2.13. The van der Waals surface area contributed by atoms with Gasteiger partial charge in [0.1, 0.15) is 0 Å². The number of amides is 2. The molecule has 0 aliphatic heterocycles. The van der Waals surface area contributed by atoms with E-state index in [-0.39, 0.29) is 24.0 Å². The number of fused-ring (bicyclic) bond motifs is 1. The molecule has 0 saturated carbocycles. The van der Waals surface area contributed by atoms with E-state index in [0.29, 0.717) is 5.69 Å². The molecular weight excluding hydrogens is 396 g/mol. The van der Waals surface area contributed by atoms with Crippen LogP contribution < -0.4 is 22.1 Å². The number of nitrogens with one attached hydrogen (secondary N) is 2. The lowest BCUT2D eigenvalue weighted by molar-refractivity contribution is -0.116. The summed E-state index contributed by atoms with van der Waals surface area (Å²) in [6.07, 6.45) is 1.97. The van der Waals surface area contributed by atoms with Gasteiger partial charge in [-0.15, -0.1) is 10.2 Å². The lowest BCUT2D eigenvalue weighted by Crippen LogP contribution is -2.24. The molecule has 0 aliphatic carbocycles. The Morgan fingerprint density at radius 3 is 2.55 bits per heavy atom. The molecule has 2 heterocycles. The number of hydrogen-bond acceptors (Lipinski definition) is 7. The minimum absolute atomic E-state index is 0.0389. The molecule has 2 amide bonds. The maximum atomic E-state index is 11.9. The van der Waals surface area contributed by atoms with Crippen molar-refractivity contribution in [3.05, 3.63) is 66.0 Å². The molecule has 0 bridgehead atoms. The molecule has 10 heteroatoms. The zero-order chi connectivity index (χ0) is 22.0. The van der Waals surface area contributed by atoms with Gasteiger partial charge in [-0.2, -0.15) is 4.98 Å². The van der Waals surface area contributed by atoms with Crippen molar-refractivity contribution in [3.63, 3.8) is 0 Å². The van der Waals surface area contributed by atoms with Gasteiger partial charge in [-0.25, -0.2) is 0 Å². The third kappa shape index (κ3) is 4.13. The van der Waals surface area contributed by atoms with Gasteiger partial charge in [0.15, 0.2) is 11.5 Å². The Morgan fingerprint density at radius 2 is 1.84 bits per heavy atom. The summed E-state index contributed by atoms with van der Waals surface area (Å²) >= 11 is 0. The van der Waals surface area contributed by atoms with Crippen LogP contribution in [0.4, 0.5) is 17.5 Å². The summed E-state index contributed by atoms with van der Waals surface area (Å²) in [4.78, 5) is 27.1. The minimum Gasteiger partial charge on any atom is -0.368 e. The van der Waals surface area contributed by atoms with Crippen LogP contribution in [0.5, 0.6) is 0 Å². The van der Waals surface area contributed by atoms with Crippen molar-refractivity contribution in [2.24, 2.45) is 11.5 Å². The second kappa shape index (κ2) is 8.11. The number of primary amides is 2. The van der Waals surface area contributed by atoms with Gasteiger partial charge in [-0.1, -0.05) is 18.2 Å². The molecule has 0 saturated heterocycles. The first-order chi connectivity index (χ1) is 14.9. The average molecular weight is 416 g/mol. The predicted octanol–water partition coefficient (Wildman–Crippen LogP) is 1.86. The zero-order valence-corrected chi connectivity index (χ0v) is 16.7. The molecule has 31 heavy (non-hydrogen) atoms. The predicted molar refractivity (Wildman–Crippen MR) is 117 cm³/mol. The first kappa shape index (κ1) is 19.8. The number of nitrogens with zero attached hydrogens (tertiary/aromatic N) is 4. The van der Waals surface area contributed by atoms with Gasteiger partial charge in [0, 0.05) is 23.0 Å². The van der Waals surface area contributed by atoms with Crippen LogP contribution in [0.2, 0.25) is 0 Å². The third-order valence-corrected chi connectivity index (χ3v) is 4.58. The summed E-state index contributed by atoms with van der Waals surface area (Å²) < 4.78 is 2.07. The van der Waals surface area contributed by atoms with Crippen LogP contribution in [0.25, 0.3) is 16.6 Å². The van der Waals surface area contributed by atoms with Crippen LogP contribution >= 0.6 is 0 Å². The first-order valence-electron chi connectivity index (χ1n) is 9.43. The molecule has 2 aromatic heterocycles. The van der Waals surface area contributed by atoms with Crippen LogP contribution in [0.3, 0.4) is 0 Å². The maximum Gasteiger partial charge on any atom is 0.273 e. The van der Waals surface area contributed by atoms with Crippen molar-refractivity contribution >= 4 is 40.2 Å². The summed E-state index contributed by atoms with van der Waals surface area (Å²) in [5, 5.41) is 14.3. The molecule has 0 spiro atoms.